The molecule has 1 amide bonds. The molecule has 0 spiro atoms. The Kier molecular flexibility index (Phi) is 4.28. The maximum atomic E-state index is 12.9. The van der Waals surface area contributed by atoms with E-state index in [1.54, 1.807) is 47.4 Å². The number of nitrogens with zero attached hydrogens (tertiary/aromatic N) is 1. The number of carbonyl (C=O) groups excluding carboxylic acids is 1. The minimum atomic E-state index is -0.913. The number of amides is 1. The van der Waals surface area contributed by atoms with Crippen LogP contribution < -0.4 is 4.90 Å². The van der Waals surface area contributed by atoms with Gasteiger partial charge in [-0.2, -0.15) is 0 Å². The predicted octanol–water partition coefficient (Wildman–Crippen LogP) is 4.39. The van der Waals surface area contributed by atoms with E-state index in [-0.39, 0.29) is 18.9 Å². The minimum Gasteiger partial charge on any atom is -0.481 e. The van der Waals surface area contributed by atoms with Crippen molar-refractivity contribution in [3.8, 4) is 0 Å². The molecule has 0 bridgehead atoms. The van der Waals surface area contributed by atoms with E-state index < -0.39 is 11.4 Å². The summed E-state index contributed by atoms with van der Waals surface area (Å²) in [5.41, 5.74) is 1.29. The van der Waals surface area contributed by atoms with Gasteiger partial charge in [0.15, 0.2) is 0 Å². The SMILES string of the molecule is CC1(CC(=O)O)CN(C(=O)c2ccc(Cl)cc2)c2ccc(Cl)cc21. The molecule has 1 N–H and O–H groups in total. The number of halogens is 2. The Balaban J connectivity index is 2.03. The molecule has 0 aliphatic carbocycles. The molecule has 1 aliphatic rings. The van der Waals surface area contributed by atoms with Gasteiger partial charge in [-0.05, 0) is 48.0 Å². The van der Waals surface area contributed by atoms with Crippen molar-refractivity contribution in [3.05, 3.63) is 63.6 Å². The van der Waals surface area contributed by atoms with Crippen LogP contribution in [0.25, 0.3) is 0 Å². The molecule has 3 rings (SSSR count). The number of aliphatic carboxylic acids is 1. The molecular formula is C18H15Cl2NO3. The maximum Gasteiger partial charge on any atom is 0.304 e. The highest BCUT2D eigenvalue weighted by molar-refractivity contribution is 6.31. The van der Waals surface area contributed by atoms with Gasteiger partial charge in [0, 0.05) is 33.3 Å². The molecule has 1 unspecified atom stereocenters. The van der Waals surface area contributed by atoms with Gasteiger partial charge in [0.25, 0.3) is 5.91 Å². The summed E-state index contributed by atoms with van der Waals surface area (Å²) in [5.74, 6) is -1.10. The first-order chi connectivity index (χ1) is 11.3. The van der Waals surface area contributed by atoms with Crippen LogP contribution in [0.15, 0.2) is 42.5 Å². The molecular weight excluding hydrogens is 349 g/mol. The highest BCUT2D eigenvalue weighted by Gasteiger charge is 2.43. The van der Waals surface area contributed by atoms with Crippen molar-refractivity contribution in [2.75, 3.05) is 11.4 Å². The Bertz CT molecular complexity index is 820. The molecule has 2 aromatic carbocycles. The largest absolute Gasteiger partial charge is 0.481 e. The topological polar surface area (TPSA) is 57.6 Å². The van der Waals surface area contributed by atoms with Crippen LogP contribution in [-0.2, 0) is 10.2 Å². The first-order valence-electron chi connectivity index (χ1n) is 7.39. The number of hydrogen-bond acceptors (Lipinski definition) is 2. The van der Waals surface area contributed by atoms with E-state index in [9.17, 15) is 14.7 Å². The number of rotatable bonds is 3. The van der Waals surface area contributed by atoms with E-state index >= 15 is 0 Å². The number of fused-ring (bicyclic) bond motifs is 1. The molecule has 0 aromatic heterocycles. The summed E-state index contributed by atoms with van der Waals surface area (Å²) in [6.07, 6.45) is -0.0786. The summed E-state index contributed by atoms with van der Waals surface area (Å²) < 4.78 is 0. The van der Waals surface area contributed by atoms with Crippen molar-refractivity contribution in [2.45, 2.75) is 18.8 Å². The van der Waals surface area contributed by atoms with Crippen molar-refractivity contribution in [1.82, 2.24) is 0 Å². The summed E-state index contributed by atoms with van der Waals surface area (Å²) >= 11 is 12.0. The summed E-state index contributed by atoms with van der Waals surface area (Å²) in [7, 11) is 0. The number of hydrogen-bond donors (Lipinski definition) is 1. The van der Waals surface area contributed by atoms with Gasteiger partial charge in [0.05, 0.1) is 6.42 Å². The summed E-state index contributed by atoms with van der Waals surface area (Å²) in [4.78, 5) is 25.8. The Hall–Kier alpha value is -2.04. The second-order valence-corrected chi connectivity index (χ2v) is 7.06. The van der Waals surface area contributed by atoms with Crippen LogP contribution in [0.1, 0.15) is 29.3 Å². The van der Waals surface area contributed by atoms with Gasteiger partial charge in [-0.1, -0.05) is 30.1 Å². The fourth-order valence-corrected chi connectivity index (χ4v) is 3.46. The van der Waals surface area contributed by atoms with Gasteiger partial charge in [0.2, 0.25) is 0 Å². The van der Waals surface area contributed by atoms with Gasteiger partial charge >= 0.3 is 5.97 Å². The van der Waals surface area contributed by atoms with Crippen LogP contribution >= 0.6 is 23.2 Å². The first-order valence-corrected chi connectivity index (χ1v) is 8.15. The van der Waals surface area contributed by atoms with E-state index in [1.165, 1.54) is 0 Å². The van der Waals surface area contributed by atoms with E-state index in [2.05, 4.69) is 0 Å². The van der Waals surface area contributed by atoms with Crippen molar-refractivity contribution >= 4 is 40.8 Å². The summed E-state index contributed by atoms with van der Waals surface area (Å²) in [6, 6.07) is 11.8. The van der Waals surface area contributed by atoms with Crippen molar-refractivity contribution in [3.63, 3.8) is 0 Å². The third kappa shape index (κ3) is 2.99. The van der Waals surface area contributed by atoms with Crippen LogP contribution in [-0.4, -0.2) is 23.5 Å². The predicted molar refractivity (Wildman–Crippen MR) is 94.2 cm³/mol. The third-order valence-corrected chi connectivity index (χ3v) is 4.77. The Morgan fingerprint density at radius 2 is 1.75 bits per heavy atom. The molecule has 1 aliphatic heterocycles. The Morgan fingerprint density at radius 3 is 2.38 bits per heavy atom. The number of benzene rings is 2. The molecule has 0 saturated carbocycles. The van der Waals surface area contributed by atoms with E-state index in [1.807, 2.05) is 6.92 Å². The molecule has 124 valence electrons. The normalized spacial score (nSPS) is 19.2. The van der Waals surface area contributed by atoms with E-state index in [0.717, 1.165) is 5.56 Å². The summed E-state index contributed by atoms with van der Waals surface area (Å²) in [6.45, 7) is 2.13. The minimum absolute atomic E-state index is 0.0786. The van der Waals surface area contributed by atoms with Crippen LogP contribution in [0.3, 0.4) is 0 Å². The monoisotopic (exact) mass is 363 g/mol. The fraction of sp³-hybridized carbons (Fsp3) is 0.222. The molecule has 24 heavy (non-hydrogen) atoms. The highest BCUT2D eigenvalue weighted by atomic mass is 35.5. The lowest BCUT2D eigenvalue weighted by molar-refractivity contribution is -0.138. The van der Waals surface area contributed by atoms with Crippen LogP contribution in [0.4, 0.5) is 5.69 Å². The Labute approximate surface area is 149 Å². The number of carbonyl (C=O) groups is 2. The fourth-order valence-electron chi connectivity index (χ4n) is 3.16. The average molecular weight is 364 g/mol. The third-order valence-electron chi connectivity index (χ3n) is 4.28. The van der Waals surface area contributed by atoms with Gasteiger partial charge < -0.3 is 10.0 Å². The lowest BCUT2D eigenvalue weighted by Crippen LogP contribution is -2.36. The smallest absolute Gasteiger partial charge is 0.304 e. The molecule has 6 heteroatoms. The standard InChI is InChI=1S/C18H15Cl2NO3/c1-18(9-16(22)23)10-21(15-7-6-13(20)8-14(15)18)17(24)11-2-4-12(19)5-3-11/h2-8H,9-10H2,1H3,(H,22,23). The molecule has 0 fully saturated rings. The number of carboxylic acid groups (broad SMARTS) is 1. The van der Waals surface area contributed by atoms with Gasteiger partial charge in [-0.3, -0.25) is 9.59 Å². The second-order valence-electron chi connectivity index (χ2n) is 6.19. The number of carboxylic acids is 1. The molecule has 1 atom stereocenters. The van der Waals surface area contributed by atoms with Gasteiger partial charge in [-0.15, -0.1) is 0 Å². The molecule has 0 saturated heterocycles. The average Bonchev–Trinajstić information content (AvgIpc) is 2.79. The molecule has 2 aromatic rings. The lowest BCUT2D eigenvalue weighted by Gasteiger charge is -2.24. The zero-order chi connectivity index (χ0) is 17.5. The maximum absolute atomic E-state index is 12.9. The molecule has 1 heterocycles. The molecule has 0 radical (unpaired) electrons. The molecule has 4 nitrogen and oxygen atoms in total. The van der Waals surface area contributed by atoms with Crippen molar-refractivity contribution in [1.29, 1.82) is 0 Å². The van der Waals surface area contributed by atoms with E-state index in [4.69, 9.17) is 23.2 Å². The van der Waals surface area contributed by atoms with Crippen LogP contribution in [0, 0.1) is 0 Å². The number of anilines is 1. The van der Waals surface area contributed by atoms with Crippen molar-refractivity contribution < 1.29 is 14.7 Å². The lowest BCUT2D eigenvalue weighted by atomic mass is 9.81. The van der Waals surface area contributed by atoms with Gasteiger partial charge in [0.1, 0.15) is 0 Å². The van der Waals surface area contributed by atoms with Gasteiger partial charge in [-0.25, -0.2) is 0 Å². The highest BCUT2D eigenvalue weighted by Crippen LogP contribution is 2.44. The zero-order valence-corrected chi connectivity index (χ0v) is 14.4. The van der Waals surface area contributed by atoms with Crippen molar-refractivity contribution in [2.24, 2.45) is 0 Å². The van der Waals surface area contributed by atoms with E-state index in [0.29, 0.717) is 21.3 Å². The summed E-state index contributed by atoms with van der Waals surface area (Å²) in [5, 5.41) is 10.3. The first kappa shape index (κ1) is 16.8. The second kappa shape index (κ2) is 6.11. The Morgan fingerprint density at radius 1 is 1.12 bits per heavy atom. The van der Waals surface area contributed by atoms with Crippen LogP contribution in [0.2, 0.25) is 10.0 Å². The quantitative estimate of drug-likeness (QED) is 0.879. The van der Waals surface area contributed by atoms with Crippen LogP contribution in [0.5, 0.6) is 0 Å². The zero-order valence-electron chi connectivity index (χ0n) is 12.9.